The van der Waals surface area contributed by atoms with Crippen molar-refractivity contribution in [3.8, 4) is 5.75 Å². The third-order valence-corrected chi connectivity index (χ3v) is 2.46. The molecule has 1 fully saturated rings. The van der Waals surface area contributed by atoms with Crippen LogP contribution in [-0.2, 0) is 9.59 Å². The molecule has 0 bridgehead atoms. The lowest BCUT2D eigenvalue weighted by Gasteiger charge is -2.22. The fourth-order valence-corrected chi connectivity index (χ4v) is 1.64. The standard InChI is InChI=1S/C12H13NO3/c1-8-3-2-4-9(7-8)16-10-5-6-11(14)13-12(10)15/h2-4,7,10H,5-6H2,1H3,(H,13,14,15). The number of benzene rings is 1. The van der Waals surface area contributed by atoms with Crippen molar-refractivity contribution in [3.63, 3.8) is 0 Å². The topological polar surface area (TPSA) is 55.4 Å². The summed E-state index contributed by atoms with van der Waals surface area (Å²) in [5, 5.41) is 2.26. The van der Waals surface area contributed by atoms with Gasteiger partial charge in [0.15, 0.2) is 6.10 Å². The molecule has 2 rings (SSSR count). The van der Waals surface area contributed by atoms with Crippen LogP contribution in [0.15, 0.2) is 24.3 Å². The van der Waals surface area contributed by atoms with Gasteiger partial charge in [0.05, 0.1) is 0 Å². The molecule has 0 spiro atoms. The molecule has 1 heterocycles. The summed E-state index contributed by atoms with van der Waals surface area (Å²) in [6.07, 6.45) is 0.223. The summed E-state index contributed by atoms with van der Waals surface area (Å²) < 4.78 is 5.53. The first-order valence-corrected chi connectivity index (χ1v) is 5.22. The van der Waals surface area contributed by atoms with Crippen LogP contribution in [0, 0.1) is 6.92 Å². The number of rotatable bonds is 2. The maximum Gasteiger partial charge on any atom is 0.267 e. The van der Waals surface area contributed by atoms with Crippen LogP contribution >= 0.6 is 0 Å². The zero-order chi connectivity index (χ0) is 11.5. The summed E-state index contributed by atoms with van der Waals surface area (Å²) in [4.78, 5) is 22.4. The van der Waals surface area contributed by atoms with E-state index in [1.54, 1.807) is 6.07 Å². The molecule has 1 saturated heterocycles. The van der Waals surface area contributed by atoms with E-state index in [0.717, 1.165) is 5.56 Å². The van der Waals surface area contributed by atoms with E-state index in [1.807, 2.05) is 25.1 Å². The van der Waals surface area contributed by atoms with Crippen molar-refractivity contribution in [2.24, 2.45) is 0 Å². The lowest BCUT2D eigenvalue weighted by molar-refractivity contribution is -0.138. The van der Waals surface area contributed by atoms with E-state index in [4.69, 9.17) is 4.74 Å². The van der Waals surface area contributed by atoms with E-state index in [9.17, 15) is 9.59 Å². The highest BCUT2D eigenvalue weighted by Crippen LogP contribution is 2.17. The van der Waals surface area contributed by atoms with Gasteiger partial charge >= 0.3 is 0 Å². The molecule has 4 heteroatoms. The van der Waals surface area contributed by atoms with E-state index in [-0.39, 0.29) is 11.8 Å². The van der Waals surface area contributed by atoms with Crippen molar-refractivity contribution < 1.29 is 14.3 Å². The van der Waals surface area contributed by atoms with Gasteiger partial charge in [-0.2, -0.15) is 0 Å². The van der Waals surface area contributed by atoms with E-state index in [2.05, 4.69) is 5.32 Å². The summed E-state index contributed by atoms with van der Waals surface area (Å²) >= 11 is 0. The third kappa shape index (κ3) is 2.39. The number of piperidine rings is 1. The minimum Gasteiger partial charge on any atom is -0.481 e. The first-order valence-electron chi connectivity index (χ1n) is 5.22. The molecule has 4 nitrogen and oxygen atoms in total. The van der Waals surface area contributed by atoms with Crippen molar-refractivity contribution >= 4 is 11.8 Å². The van der Waals surface area contributed by atoms with Crippen LogP contribution in [-0.4, -0.2) is 17.9 Å². The van der Waals surface area contributed by atoms with E-state index in [0.29, 0.717) is 18.6 Å². The van der Waals surface area contributed by atoms with Gasteiger partial charge in [0.2, 0.25) is 5.91 Å². The number of carbonyl (C=O) groups excluding carboxylic acids is 2. The molecule has 0 aromatic heterocycles. The Morgan fingerprint density at radius 3 is 2.88 bits per heavy atom. The second-order valence-corrected chi connectivity index (χ2v) is 3.87. The van der Waals surface area contributed by atoms with Gasteiger partial charge in [-0.3, -0.25) is 14.9 Å². The molecule has 0 radical (unpaired) electrons. The Morgan fingerprint density at radius 1 is 1.38 bits per heavy atom. The molecule has 16 heavy (non-hydrogen) atoms. The minimum atomic E-state index is -0.556. The summed E-state index contributed by atoms with van der Waals surface area (Å²) in [6.45, 7) is 1.96. The third-order valence-electron chi connectivity index (χ3n) is 2.46. The second-order valence-electron chi connectivity index (χ2n) is 3.87. The lowest BCUT2D eigenvalue weighted by atomic mass is 10.1. The number of hydrogen-bond acceptors (Lipinski definition) is 3. The number of nitrogens with one attached hydrogen (secondary N) is 1. The van der Waals surface area contributed by atoms with Crippen molar-refractivity contribution in [1.29, 1.82) is 0 Å². The lowest BCUT2D eigenvalue weighted by Crippen LogP contribution is -2.46. The molecule has 1 unspecified atom stereocenters. The van der Waals surface area contributed by atoms with Crippen LogP contribution in [0.5, 0.6) is 5.75 Å². The molecule has 0 saturated carbocycles. The normalized spacial score (nSPS) is 20.4. The Kier molecular flexibility index (Phi) is 2.90. The minimum absolute atomic E-state index is 0.228. The van der Waals surface area contributed by atoms with Crippen LogP contribution in [0.25, 0.3) is 0 Å². The Bertz CT molecular complexity index is 428. The average Bonchev–Trinajstić information content (AvgIpc) is 2.22. The number of carbonyl (C=O) groups is 2. The molecule has 1 aliphatic rings. The summed E-state index contributed by atoms with van der Waals surface area (Å²) in [7, 11) is 0. The maximum atomic E-state index is 11.4. The summed E-state index contributed by atoms with van der Waals surface area (Å²) in [5.74, 6) is 0.0846. The van der Waals surface area contributed by atoms with Crippen LogP contribution < -0.4 is 10.1 Å². The van der Waals surface area contributed by atoms with E-state index < -0.39 is 6.10 Å². The smallest absolute Gasteiger partial charge is 0.267 e. The second kappa shape index (κ2) is 4.35. The number of imide groups is 1. The number of ether oxygens (including phenoxy) is 1. The van der Waals surface area contributed by atoms with Crippen molar-refractivity contribution in [3.05, 3.63) is 29.8 Å². The Balaban J connectivity index is 2.05. The van der Waals surface area contributed by atoms with Gasteiger partial charge in [0.25, 0.3) is 5.91 Å². The Morgan fingerprint density at radius 2 is 2.19 bits per heavy atom. The summed E-state index contributed by atoms with van der Waals surface area (Å²) in [5.41, 5.74) is 1.07. The predicted molar refractivity (Wildman–Crippen MR) is 58.0 cm³/mol. The van der Waals surface area contributed by atoms with Gasteiger partial charge in [-0.1, -0.05) is 12.1 Å². The van der Waals surface area contributed by atoms with Crippen LogP contribution in [0.3, 0.4) is 0 Å². The highest BCUT2D eigenvalue weighted by molar-refractivity contribution is 5.99. The molecular weight excluding hydrogens is 206 g/mol. The van der Waals surface area contributed by atoms with Crippen LogP contribution in [0.1, 0.15) is 18.4 Å². The molecule has 1 atom stereocenters. The molecule has 1 aromatic carbocycles. The zero-order valence-electron chi connectivity index (χ0n) is 9.03. The first kappa shape index (κ1) is 10.7. The molecule has 84 valence electrons. The molecule has 0 aliphatic carbocycles. The number of aryl methyl sites for hydroxylation is 1. The van der Waals surface area contributed by atoms with Gasteiger partial charge in [0.1, 0.15) is 5.75 Å². The fraction of sp³-hybridized carbons (Fsp3) is 0.333. The molecule has 1 N–H and O–H groups in total. The fourth-order valence-electron chi connectivity index (χ4n) is 1.64. The number of amides is 2. The maximum absolute atomic E-state index is 11.4. The van der Waals surface area contributed by atoms with Gasteiger partial charge < -0.3 is 4.74 Å². The molecule has 1 aliphatic heterocycles. The Hall–Kier alpha value is -1.84. The van der Waals surface area contributed by atoms with Gasteiger partial charge in [0, 0.05) is 12.8 Å². The Labute approximate surface area is 93.6 Å². The van der Waals surface area contributed by atoms with Crippen molar-refractivity contribution in [2.45, 2.75) is 25.9 Å². The monoisotopic (exact) mass is 219 g/mol. The quantitative estimate of drug-likeness (QED) is 0.760. The first-order chi connectivity index (χ1) is 7.65. The molecular formula is C12H13NO3. The average molecular weight is 219 g/mol. The van der Waals surface area contributed by atoms with Gasteiger partial charge in [-0.15, -0.1) is 0 Å². The van der Waals surface area contributed by atoms with E-state index >= 15 is 0 Å². The van der Waals surface area contributed by atoms with Crippen molar-refractivity contribution in [1.82, 2.24) is 5.32 Å². The largest absolute Gasteiger partial charge is 0.481 e. The molecule has 2 amide bonds. The predicted octanol–water partition coefficient (Wildman–Crippen LogP) is 1.18. The van der Waals surface area contributed by atoms with Crippen molar-refractivity contribution in [2.75, 3.05) is 0 Å². The van der Waals surface area contributed by atoms with E-state index in [1.165, 1.54) is 0 Å². The highest BCUT2D eigenvalue weighted by Gasteiger charge is 2.27. The van der Waals surface area contributed by atoms with Gasteiger partial charge in [-0.05, 0) is 24.6 Å². The highest BCUT2D eigenvalue weighted by atomic mass is 16.5. The summed E-state index contributed by atoms with van der Waals surface area (Å²) in [6, 6.07) is 7.49. The number of hydrogen-bond donors (Lipinski definition) is 1. The molecule has 1 aromatic rings. The van der Waals surface area contributed by atoms with Crippen LogP contribution in [0.4, 0.5) is 0 Å². The zero-order valence-corrected chi connectivity index (χ0v) is 9.03. The SMILES string of the molecule is Cc1cccc(OC2CCC(=O)NC2=O)c1. The van der Waals surface area contributed by atoms with Crippen LogP contribution in [0.2, 0.25) is 0 Å². The van der Waals surface area contributed by atoms with Gasteiger partial charge in [-0.25, -0.2) is 0 Å².